The van der Waals surface area contributed by atoms with E-state index in [2.05, 4.69) is 25.4 Å². The molecule has 9 heteroatoms. The number of carbonyl (C=O) groups is 1. The van der Waals surface area contributed by atoms with Crippen LogP contribution < -0.4 is 15.6 Å². The Morgan fingerprint density at radius 2 is 1.88 bits per heavy atom. The van der Waals surface area contributed by atoms with Crippen molar-refractivity contribution in [1.29, 1.82) is 0 Å². The van der Waals surface area contributed by atoms with Gasteiger partial charge in [0.1, 0.15) is 11.6 Å². The summed E-state index contributed by atoms with van der Waals surface area (Å²) in [6, 6.07) is 12.9. The average molecular weight is 444 g/mol. The van der Waals surface area contributed by atoms with E-state index in [1.807, 2.05) is 36.5 Å². The van der Waals surface area contributed by atoms with Crippen molar-refractivity contribution in [1.82, 2.24) is 30.0 Å². The van der Waals surface area contributed by atoms with Gasteiger partial charge < -0.3 is 15.0 Å². The van der Waals surface area contributed by atoms with Crippen LogP contribution >= 0.6 is 0 Å². The van der Waals surface area contributed by atoms with Crippen molar-refractivity contribution in [2.45, 2.75) is 26.3 Å². The first kappa shape index (κ1) is 21.9. The molecule has 0 bridgehead atoms. The number of benzene rings is 1. The van der Waals surface area contributed by atoms with Gasteiger partial charge in [-0.25, -0.2) is 9.67 Å². The maximum Gasteiger partial charge on any atom is 0.254 e. The monoisotopic (exact) mass is 444 g/mol. The second-order valence-electron chi connectivity index (χ2n) is 7.44. The molecule has 0 saturated carbocycles. The molecule has 168 valence electrons. The Bertz CT molecular complexity index is 1300. The number of rotatable bonds is 8. The first-order chi connectivity index (χ1) is 16.0. The van der Waals surface area contributed by atoms with Gasteiger partial charge in [-0.3, -0.25) is 14.6 Å². The molecule has 0 aliphatic rings. The number of methoxy groups -OCH3 is 1. The summed E-state index contributed by atoms with van der Waals surface area (Å²) in [4.78, 5) is 36.1. The number of nitrogens with one attached hydrogen (secondary N) is 2. The Kier molecular flexibility index (Phi) is 6.58. The van der Waals surface area contributed by atoms with Crippen LogP contribution in [0.4, 0.5) is 0 Å². The molecule has 0 aliphatic carbocycles. The molecule has 0 saturated heterocycles. The van der Waals surface area contributed by atoms with Gasteiger partial charge in [0.2, 0.25) is 5.91 Å². The summed E-state index contributed by atoms with van der Waals surface area (Å²) in [6.45, 7) is 2.08. The predicted molar refractivity (Wildman–Crippen MR) is 123 cm³/mol. The van der Waals surface area contributed by atoms with Crippen LogP contribution in [-0.4, -0.2) is 37.7 Å². The number of hydrogen-bond donors (Lipinski definition) is 2. The van der Waals surface area contributed by atoms with Crippen LogP contribution in [0.15, 0.2) is 65.8 Å². The number of pyridine rings is 1. The van der Waals surface area contributed by atoms with Gasteiger partial charge in [-0.1, -0.05) is 0 Å². The standard InChI is InChI=1S/C24H24N6O3/c1-16-21(24(32)28-23(27-16)17-9-12-25-13-10-17)7-8-22(31)26-15-18-11-14-30(29-18)19-3-5-20(33-2)6-4-19/h3-6,9-14H,7-8,15H2,1-2H3,(H,26,31)(H,27,28,32). The van der Waals surface area contributed by atoms with E-state index >= 15 is 0 Å². The molecule has 4 aromatic rings. The summed E-state index contributed by atoms with van der Waals surface area (Å²) in [5, 5.41) is 7.34. The number of H-pyrrole nitrogens is 1. The van der Waals surface area contributed by atoms with Crippen LogP contribution in [0.1, 0.15) is 23.4 Å². The summed E-state index contributed by atoms with van der Waals surface area (Å²) in [5.41, 5.74) is 3.29. The van der Waals surface area contributed by atoms with Crippen molar-refractivity contribution >= 4 is 5.91 Å². The molecule has 9 nitrogen and oxygen atoms in total. The highest BCUT2D eigenvalue weighted by Crippen LogP contribution is 2.15. The molecular formula is C24H24N6O3. The molecule has 3 heterocycles. The third kappa shape index (κ3) is 5.32. The maximum atomic E-state index is 12.5. The second-order valence-corrected chi connectivity index (χ2v) is 7.44. The molecule has 0 unspecified atom stereocenters. The normalized spacial score (nSPS) is 10.7. The van der Waals surface area contributed by atoms with Crippen molar-refractivity contribution < 1.29 is 9.53 Å². The van der Waals surface area contributed by atoms with E-state index in [1.165, 1.54) is 0 Å². The molecule has 0 fully saturated rings. The Labute approximate surface area is 190 Å². The molecule has 4 rings (SSSR count). The van der Waals surface area contributed by atoms with E-state index < -0.39 is 0 Å². The van der Waals surface area contributed by atoms with Crippen LogP contribution in [0, 0.1) is 6.92 Å². The lowest BCUT2D eigenvalue weighted by Crippen LogP contribution is -2.25. The van der Waals surface area contributed by atoms with E-state index in [-0.39, 0.29) is 17.9 Å². The van der Waals surface area contributed by atoms with Gasteiger partial charge >= 0.3 is 0 Å². The molecule has 0 spiro atoms. The molecule has 1 amide bonds. The third-order valence-corrected chi connectivity index (χ3v) is 5.23. The highest BCUT2D eigenvalue weighted by Gasteiger charge is 2.12. The number of amides is 1. The quantitative estimate of drug-likeness (QED) is 0.432. The van der Waals surface area contributed by atoms with E-state index in [0.29, 0.717) is 30.0 Å². The minimum absolute atomic E-state index is 0.161. The first-order valence-electron chi connectivity index (χ1n) is 10.5. The smallest absolute Gasteiger partial charge is 0.254 e. The van der Waals surface area contributed by atoms with Crippen LogP contribution in [0.5, 0.6) is 5.75 Å². The Morgan fingerprint density at radius 1 is 1.12 bits per heavy atom. The van der Waals surface area contributed by atoms with Gasteiger partial charge in [0.05, 0.1) is 25.0 Å². The Balaban J connectivity index is 1.33. The zero-order valence-electron chi connectivity index (χ0n) is 18.4. The van der Waals surface area contributed by atoms with Gasteiger partial charge in [-0.15, -0.1) is 0 Å². The number of aromatic nitrogens is 5. The minimum atomic E-state index is -0.236. The largest absolute Gasteiger partial charge is 0.497 e. The molecule has 0 aliphatic heterocycles. The number of aryl methyl sites for hydroxylation is 1. The Morgan fingerprint density at radius 3 is 2.58 bits per heavy atom. The summed E-state index contributed by atoms with van der Waals surface area (Å²) in [6.07, 6.45) is 5.60. The number of nitrogens with zero attached hydrogens (tertiary/aromatic N) is 4. The van der Waals surface area contributed by atoms with E-state index in [4.69, 9.17) is 4.74 Å². The summed E-state index contributed by atoms with van der Waals surface area (Å²) < 4.78 is 6.90. The zero-order valence-corrected chi connectivity index (χ0v) is 18.4. The molecule has 0 radical (unpaired) electrons. The second kappa shape index (κ2) is 9.90. The molecule has 3 aromatic heterocycles. The summed E-state index contributed by atoms with van der Waals surface area (Å²) >= 11 is 0. The van der Waals surface area contributed by atoms with E-state index in [0.717, 1.165) is 22.7 Å². The highest BCUT2D eigenvalue weighted by atomic mass is 16.5. The maximum absolute atomic E-state index is 12.5. The van der Waals surface area contributed by atoms with Gasteiger partial charge in [0.25, 0.3) is 5.56 Å². The minimum Gasteiger partial charge on any atom is -0.497 e. The van der Waals surface area contributed by atoms with Gasteiger partial charge in [0.15, 0.2) is 0 Å². The van der Waals surface area contributed by atoms with Crippen molar-refractivity contribution in [2.24, 2.45) is 0 Å². The molecular weight excluding hydrogens is 420 g/mol. The van der Waals surface area contributed by atoms with Crippen LogP contribution in [0.25, 0.3) is 17.1 Å². The number of aromatic amines is 1. The van der Waals surface area contributed by atoms with Gasteiger partial charge in [-0.2, -0.15) is 5.10 Å². The van der Waals surface area contributed by atoms with Crippen molar-refractivity contribution in [3.63, 3.8) is 0 Å². The summed E-state index contributed by atoms with van der Waals surface area (Å²) in [5.74, 6) is 1.10. The highest BCUT2D eigenvalue weighted by molar-refractivity contribution is 5.76. The molecule has 0 atom stereocenters. The van der Waals surface area contributed by atoms with Crippen molar-refractivity contribution in [3.05, 3.63) is 88.4 Å². The molecule has 2 N–H and O–H groups in total. The topological polar surface area (TPSA) is 115 Å². The first-order valence-corrected chi connectivity index (χ1v) is 10.5. The lowest BCUT2D eigenvalue weighted by atomic mass is 10.1. The Hall–Kier alpha value is -4.27. The lowest BCUT2D eigenvalue weighted by Gasteiger charge is -2.08. The zero-order chi connectivity index (χ0) is 23.2. The third-order valence-electron chi connectivity index (χ3n) is 5.23. The molecule has 1 aromatic carbocycles. The van der Waals surface area contributed by atoms with E-state index in [9.17, 15) is 9.59 Å². The fourth-order valence-corrected chi connectivity index (χ4v) is 3.40. The number of ether oxygens (including phenoxy) is 1. The lowest BCUT2D eigenvalue weighted by molar-refractivity contribution is -0.121. The molecule has 33 heavy (non-hydrogen) atoms. The summed E-state index contributed by atoms with van der Waals surface area (Å²) in [7, 11) is 1.62. The van der Waals surface area contributed by atoms with E-state index in [1.54, 1.807) is 43.2 Å². The van der Waals surface area contributed by atoms with Crippen molar-refractivity contribution in [3.8, 4) is 22.8 Å². The number of carbonyl (C=O) groups excluding carboxylic acids is 1. The van der Waals surface area contributed by atoms with Gasteiger partial charge in [-0.05, 0) is 55.8 Å². The fourth-order valence-electron chi connectivity index (χ4n) is 3.40. The van der Waals surface area contributed by atoms with Crippen LogP contribution in [0.2, 0.25) is 0 Å². The predicted octanol–water partition coefficient (Wildman–Crippen LogP) is 2.58. The van der Waals surface area contributed by atoms with Crippen molar-refractivity contribution in [2.75, 3.05) is 7.11 Å². The average Bonchev–Trinajstić information content (AvgIpc) is 3.32. The van der Waals surface area contributed by atoms with Gasteiger partial charge in [0, 0.05) is 41.8 Å². The van der Waals surface area contributed by atoms with Crippen LogP contribution in [0.3, 0.4) is 0 Å². The fraction of sp³-hybridized carbons (Fsp3) is 0.208. The number of hydrogen-bond acceptors (Lipinski definition) is 6. The SMILES string of the molecule is COc1ccc(-n2ccc(CNC(=O)CCc3c(C)nc(-c4ccncc4)[nH]c3=O)n2)cc1. The van der Waals surface area contributed by atoms with Crippen LogP contribution in [-0.2, 0) is 17.8 Å².